The van der Waals surface area contributed by atoms with E-state index in [1.807, 2.05) is 30.3 Å². The zero-order valence-corrected chi connectivity index (χ0v) is 19.9. The van der Waals surface area contributed by atoms with Crippen LogP contribution in [0.4, 0.5) is 23.0 Å². The number of amides is 1. The van der Waals surface area contributed by atoms with Crippen LogP contribution in [0.3, 0.4) is 0 Å². The highest BCUT2D eigenvalue weighted by atomic mass is 35.5. The molecule has 3 aromatic carbocycles. The molecule has 11 heteroatoms. The van der Waals surface area contributed by atoms with Gasteiger partial charge in [0, 0.05) is 30.6 Å². The Balaban J connectivity index is 1.65. The summed E-state index contributed by atoms with van der Waals surface area (Å²) >= 11 is 7.48. The summed E-state index contributed by atoms with van der Waals surface area (Å²) in [5.74, 6) is -0.144. The first-order valence-electron chi connectivity index (χ1n) is 10.7. The molecule has 1 aliphatic rings. The average molecular weight is 521 g/mol. The van der Waals surface area contributed by atoms with E-state index in [1.165, 1.54) is 18.1 Å². The van der Waals surface area contributed by atoms with Crippen LogP contribution in [0.1, 0.15) is 0 Å². The van der Waals surface area contributed by atoms with E-state index in [1.54, 1.807) is 6.07 Å². The molecule has 182 valence electrons. The summed E-state index contributed by atoms with van der Waals surface area (Å²) in [5.41, 5.74) is 0.664. The molecule has 1 saturated heterocycles. The number of anilines is 1. The van der Waals surface area contributed by atoms with Gasteiger partial charge in [0.05, 0.1) is 12.1 Å². The minimum Gasteiger partial charge on any atom is -0.530 e. The molecule has 0 bridgehead atoms. The zero-order valence-electron chi connectivity index (χ0n) is 18.3. The number of aromatic nitrogens is 1. The molecule has 1 aliphatic heterocycles. The maximum absolute atomic E-state index is 15.9. The van der Waals surface area contributed by atoms with Gasteiger partial charge < -0.3 is 24.4 Å². The lowest BCUT2D eigenvalue weighted by Gasteiger charge is -2.42. The second-order valence-electron chi connectivity index (χ2n) is 8.13. The number of piperazine rings is 1. The molecule has 1 unspecified atom stereocenters. The summed E-state index contributed by atoms with van der Waals surface area (Å²) in [4.78, 5) is 13.4. The van der Waals surface area contributed by atoms with E-state index in [0.29, 0.717) is 21.7 Å². The van der Waals surface area contributed by atoms with E-state index >= 15 is 4.39 Å². The summed E-state index contributed by atoms with van der Waals surface area (Å²) in [6.45, 7) is -0.458. The highest BCUT2D eigenvalue weighted by Crippen LogP contribution is 2.44. The molecule has 0 aliphatic carbocycles. The van der Waals surface area contributed by atoms with Crippen LogP contribution in [0.15, 0.2) is 42.5 Å². The van der Waals surface area contributed by atoms with E-state index in [-0.39, 0.29) is 29.2 Å². The Morgan fingerprint density at radius 2 is 2.00 bits per heavy atom. The van der Waals surface area contributed by atoms with Crippen LogP contribution in [-0.2, 0) is 0 Å². The van der Waals surface area contributed by atoms with Gasteiger partial charge in [-0.05, 0) is 46.1 Å². The molecule has 5 rings (SSSR count). The van der Waals surface area contributed by atoms with Gasteiger partial charge in [0.25, 0.3) is 6.43 Å². The SMILES string of the molecule is COc1cc(-c2c(Cl)cc3c(N4CCN(C(=O)[O-])CC4C(F)F)snc3c2F)c2ccccc2c1. The first kappa shape index (κ1) is 23.5. The number of carbonyl (C=O) groups excluding carboxylic acids is 1. The van der Waals surface area contributed by atoms with E-state index in [9.17, 15) is 18.7 Å². The number of benzene rings is 3. The third-order valence-electron chi connectivity index (χ3n) is 6.22. The third-order valence-corrected chi connectivity index (χ3v) is 7.41. The Bertz CT molecular complexity index is 1450. The Hall–Kier alpha value is -3.24. The maximum Gasteiger partial charge on any atom is 0.260 e. The fourth-order valence-electron chi connectivity index (χ4n) is 4.50. The molecule has 0 saturated carbocycles. The number of ether oxygens (including phenoxy) is 1. The van der Waals surface area contributed by atoms with Gasteiger partial charge in [-0.15, -0.1) is 0 Å². The predicted molar refractivity (Wildman–Crippen MR) is 128 cm³/mol. The minimum atomic E-state index is -2.84. The quantitative estimate of drug-likeness (QED) is 0.378. The van der Waals surface area contributed by atoms with Gasteiger partial charge >= 0.3 is 0 Å². The number of nitrogens with zero attached hydrogens (tertiary/aromatic N) is 3. The van der Waals surface area contributed by atoms with Crippen molar-refractivity contribution in [2.24, 2.45) is 0 Å². The van der Waals surface area contributed by atoms with Gasteiger partial charge in [0.2, 0.25) is 0 Å². The van der Waals surface area contributed by atoms with E-state index in [2.05, 4.69) is 4.37 Å². The van der Waals surface area contributed by atoms with Crippen LogP contribution in [0.5, 0.6) is 5.75 Å². The largest absolute Gasteiger partial charge is 0.530 e. The fourth-order valence-corrected chi connectivity index (χ4v) is 5.74. The normalized spacial score (nSPS) is 16.5. The predicted octanol–water partition coefficient (Wildman–Crippen LogP) is 5.02. The van der Waals surface area contributed by atoms with E-state index in [4.69, 9.17) is 16.3 Å². The van der Waals surface area contributed by atoms with E-state index < -0.39 is 30.9 Å². The molecule has 0 radical (unpaired) electrons. The molecular weight excluding hydrogens is 503 g/mol. The van der Waals surface area contributed by atoms with Crippen LogP contribution >= 0.6 is 23.1 Å². The van der Waals surface area contributed by atoms with Gasteiger partial charge in [-0.25, -0.2) is 13.2 Å². The Kier molecular flexibility index (Phi) is 6.10. The lowest BCUT2D eigenvalue weighted by molar-refractivity contribution is -0.266. The number of carbonyl (C=O) groups is 1. The van der Waals surface area contributed by atoms with Crippen LogP contribution in [0.25, 0.3) is 32.8 Å². The number of alkyl halides is 2. The second kappa shape index (κ2) is 9.09. The number of fused-ring (bicyclic) bond motifs is 2. The van der Waals surface area contributed by atoms with Crippen molar-refractivity contribution in [1.82, 2.24) is 9.27 Å². The molecule has 1 aromatic heterocycles. The standard InChI is InChI=1S/C24H19ClF3N3O3S/c1-34-13-8-12-4-2-3-5-14(12)15(9-13)19-17(25)10-16-21(20(19)26)29-35-23(16)31-7-6-30(24(32)33)11-18(31)22(27)28/h2-5,8-10,18,22H,6-7,11H2,1H3,(H,32,33)/p-1. The second-order valence-corrected chi connectivity index (χ2v) is 9.29. The van der Waals surface area contributed by atoms with Crippen LogP contribution < -0.4 is 14.7 Å². The van der Waals surface area contributed by atoms with Gasteiger partial charge in [0.1, 0.15) is 28.4 Å². The van der Waals surface area contributed by atoms with Crippen molar-refractivity contribution in [1.29, 1.82) is 0 Å². The summed E-state index contributed by atoms with van der Waals surface area (Å²) < 4.78 is 53.3. The summed E-state index contributed by atoms with van der Waals surface area (Å²) in [6.07, 6.45) is -4.34. The summed E-state index contributed by atoms with van der Waals surface area (Å²) in [6, 6.07) is 11.0. The summed E-state index contributed by atoms with van der Waals surface area (Å²) in [7, 11) is 1.52. The summed E-state index contributed by atoms with van der Waals surface area (Å²) in [5, 5.41) is 13.5. The molecule has 0 spiro atoms. The average Bonchev–Trinajstić information content (AvgIpc) is 3.27. The fraction of sp³-hybridized carbons (Fsp3) is 0.250. The van der Waals surface area contributed by atoms with Crippen molar-refractivity contribution in [3.63, 3.8) is 0 Å². The first-order chi connectivity index (χ1) is 16.8. The number of halogens is 4. The molecule has 2 heterocycles. The molecule has 1 fully saturated rings. The topological polar surface area (TPSA) is 68.7 Å². The maximum atomic E-state index is 15.9. The van der Waals surface area contributed by atoms with Gasteiger partial charge in [-0.2, -0.15) is 4.37 Å². The third kappa shape index (κ3) is 4.00. The van der Waals surface area contributed by atoms with Crippen molar-refractivity contribution in [2.75, 3.05) is 31.6 Å². The minimum absolute atomic E-state index is 0.00616. The van der Waals surface area contributed by atoms with Crippen LogP contribution in [0, 0.1) is 5.82 Å². The monoisotopic (exact) mass is 520 g/mol. The van der Waals surface area contributed by atoms with Crippen molar-refractivity contribution in [3.8, 4) is 16.9 Å². The number of hydrogen-bond donors (Lipinski definition) is 0. The smallest absolute Gasteiger partial charge is 0.260 e. The highest BCUT2D eigenvalue weighted by Gasteiger charge is 2.36. The molecule has 1 atom stereocenters. The van der Waals surface area contributed by atoms with Crippen molar-refractivity contribution < 1.29 is 27.8 Å². The zero-order chi connectivity index (χ0) is 24.9. The molecular formula is C24H18ClF3N3O3S-. The van der Waals surface area contributed by atoms with Crippen LogP contribution in [-0.4, -0.2) is 54.6 Å². The van der Waals surface area contributed by atoms with Gasteiger partial charge in [0.15, 0.2) is 5.82 Å². The molecule has 4 aromatic rings. The van der Waals surface area contributed by atoms with Gasteiger partial charge in [-0.3, -0.25) is 0 Å². The lowest BCUT2D eigenvalue weighted by Crippen LogP contribution is -2.59. The lowest BCUT2D eigenvalue weighted by atomic mass is 9.96. The van der Waals surface area contributed by atoms with Gasteiger partial charge in [-0.1, -0.05) is 35.9 Å². The number of carboxylic acid groups (broad SMARTS) is 1. The Morgan fingerprint density at radius 3 is 2.71 bits per heavy atom. The molecule has 6 nitrogen and oxygen atoms in total. The van der Waals surface area contributed by atoms with Crippen LogP contribution in [0.2, 0.25) is 5.02 Å². The van der Waals surface area contributed by atoms with Crippen molar-refractivity contribution in [3.05, 3.63) is 53.3 Å². The molecule has 1 amide bonds. The number of rotatable bonds is 4. The van der Waals surface area contributed by atoms with Crippen molar-refractivity contribution >= 4 is 55.9 Å². The number of methoxy groups -OCH3 is 1. The number of hydrogen-bond acceptors (Lipinski definition) is 6. The Labute approximate surface area is 207 Å². The highest BCUT2D eigenvalue weighted by molar-refractivity contribution is 7.11. The van der Waals surface area contributed by atoms with E-state index in [0.717, 1.165) is 27.2 Å². The van der Waals surface area contributed by atoms with Crippen molar-refractivity contribution in [2.45, 2.75) is 12.5 Å². The molecule has 35 heavy (non-hydrogen) atoms. The first-order valence-corrected chi connectivity index (χ1v) is 11.8. The molecule has 0 N–H and O–H groups in total. The Morgan fingerprint density at radius 1 is 1.23 bits per heavy atom.